The first kappa shape index (κ1) is 12.1. The molecular formula is C13H16BNO2S. The molecule has 2 aromatic rings. The number of nitrogens with zero attached hydrogens (tertiary/aromatic N) is 1. The third-order valence-corrected chi connectivity index (χ3v) is 3.99. The zero-order valence-electron chi connectivity index (χ0n) is 10.9. The molecule has 0 aliphatic carbocycles. The lowest BCUT2D eigenvalue weighted by Crippen LogP contribution is -2.47. The van der Waals surface area contributed by atoms with Gasteiger partial charge in [0.05, 0.1) is 15.2 Å². The molecule has 0 spiro atoms. The van der Waals surface area contributed by atoms with Crippen LogP contribution in [0.1, 0.15) is 18.9 Å². The molecule has 1 saturated heterocycles. The molecule has 3 nitrogen and oxygen atoms in total. The predicted molar refractivity (Wildman–Crippen MR) is 75.4 cm³/mol. The van der Waals surface area contributed by atoms with Crippen LogP contribution in [0.2, 0.25) is 0 Å². The normalized spacial score (nSPS) is 19.4. The summed E-state index contributed by atoms with van der Waals surface area (Å²) in [6, 6.07) is 6.24. The van der Waals surface area contributed by atoms with Crippen molar-refractivity contribution in [1.82, 2.24) is 4.98 Å². The molecule has 0 atom stereocenters. The van der Waals surface area contributed by atoms with Gasteiger partial charge in [-0.1, -0.05) is 19.9 Å². The van der Waals surface area contributed by atoms with Gasteiger partial charge in [-0.25, -0.2) is 4.98 Å². The molecule has 0 amide bonds. The van der Waals surface area contributed by atoms with Crippen LogP contribution < -0.4 is 5.46 Å². The van der Waals surface area contributed by atoms with Gasteiger partial charge in [0.2, 0.25) is 0 Å². The van der Waals surface area contributed by atoms with Crippen LogP contribution in [0.25, 0.3) is 10.2 Å². The summed E-state index contributed by atoms with van der Waals surface area (Å²) in [7, 11) is -0.246. The molecule has 1 aromatic heterocycles. The van der Waals surface area contributed by atoms with E-state index >= 15 is 0 Å². The van der Waals surface area contributed by atoms with Gasteiger partial charge in [-0.3, -0.25) is 0 Å². The molecule has 1 aliphatic rings. The van der Waals surface area contributed by atoms with Crippen molar-refractivity contribution in [2.24, 2.45) is 5.41 Å². The van der Waals surface area contributed by atoms with E-state index in [1.807, 2.05) is 6.92 Å². The fourth-order valence-electron chi connectivity index (χ4n) is 2.09. The molecule has 1 aromatic carbocycles. The third-order valence-electron chi connectivity index (χ3n) is 3.04. The van der Waals surface area contributed by atoms with Gasteiger partial charge >= 0.3 is 7.12 Å². The average Bonchev–Trinajstić information content (AvgIpc) is 2.68. The van der Waals surface area contributed by atoms with Gasteiger partial charge in [-0.05, 0) is 24.5 Å². The smallest absolute Gasteiger partial charge is 0.407 e. The Balaban J connectivity index is 1.86. The van der Waals surface area contributed by atoms with Crippen molar-refractivity contribution in [3.63, 3.8) is 0 Å². The summed E-state index contributed by atoms with van der Waals surface area (Å²) in [5, 5.41) is 1.09. The Bertz CT molecular complexity index is 571. The molecule has 1 fully saturated rings. The van der Waals surface area contributed by atoms with E-state index in [-0.39, 0.29) is 12.5 Å². The van der Waals surface area contributed by atoms with E-state index in [4.69, 9.17) is 9.31 Å². The zero-order chi connectivity index (χ0) is 12.8. The fourth-order valence-corrected chi connectivity index (χ4v) is 2.90. The van der Waals surface area contributed by atoms with Crippen molar-refractivity contribution in [3.8, 4) is 0 Å². The Hall–Kier alpha value is -0.905. The largest absolute Gasteiger partial charge is 0.493 e. The van der Waals surface area contributed by atoms with Gasteiger partial charge in [0.25, 0.3) is 0 Å². The Morgan fingerprint density at radius 3 is 2.72 bits per heavy atom. The number of aromatic nitrogens is 1. The van der Waals surface area contributed by atoms with E-state index in [1.54, 1.807) is 11.3 Å². The Labute approximate surface area is 111 Å². The molecule has 94 valence electrons. The Morgan fingerprint density at radius 1 is 1.28 bits per heavy atom. The predicted octanol–water partition coefficient (Wildman–Crippen LogP) is 2.37. The number of rotatable bonds is 1. The first-order chi connectivity index (χ1) is 8.53. The van der Waals surface area contributed by atoms with Crippen molar-refractivity contribution in [2.45, 2.75) is 20.8 Å². The van der Waals surface area contributed by atoms with Crippen molar-refractivity contribution < 1.29 is 9.31 Å². The van der Waals surface area contributed by atoms with Gasteiger partial charge in [0, 0.05) is 18.6 Å². The van der Waals surface area contributed by atoms with Crippen molar-refractivity contribution in [2.75, 3.05) is 13.2 Å². The molecule has 0 bridgehead atoms. The zero-order valence-corrected chi connectivity index (χ0v) is 11.7. The van der Waals surface area contributed by atoms with E-state index in [2.05, 4.69) is 37.0 Å². The second kappa shape index (κ2) is 4.33. The molecule has 1 aliphatic heterocycles. The molecule has 3 rings (SSSR count). The van der Waals surface area contributed by atoms with Crippen LogP contribution in [0, 0.1) is 12.3 Å². The molecule has 0 radical (unpaired) electrons. The maximum Gasteiger partial charge on any atom is 0.493 e. The minimum absolute atomic E-state index is 0.109. The number of benzene rings is 1. The second-order valence-corrected chi connectivity index (χ2v) is 6.81. The quantitative estimate of drug-likeness (QED) is 0.738. The minimum atomic E-state index is -0.246. The Kier molecular flexibility index (Phi) is 2.92. The number of aryl methyl sites for hydroxylation is 1. The highest BCUT2D eigenvalue weighted by Gasteiger charge is 2.33. The lowest BCUT2D eigenvalue weighted by Gasteiger charge is -2.33. The molecule has 5 heteroatoms. The maximum atomic E-state index is 5.79. The highest BCUT2D eigenvalue weighted by atomic mass is 32.1. The van der Waals surface area contributed by atoms with Crippen LogP contribution >= 0.6 is 11.3 Å². The molecule has 2 heterocycles. The van der Waals surface area contributed by atoms with Gasteiger partial charge in [-0.15, -0.1) is 11.3 Å². The number of thiazole rings is 1. The number of fused-ring (bicyclic) bond motifs is 1. The Morgan fingerprint density at radius 2 is 2.00 bits per heavy atom. The van der Waals surface area contributed by atoms with Crippen LogP contribution in [0.15, 0.2) is 18.2 Å². The van der Waals surface area contributed by atoms with Crippen molar-refractivity contribution >= 4 is 34.1 Å². The van der Waals surface area contributed by atoms with E-state index < -0.39 is 0 Å². The number of hydrogen-bond donors (Lipinski definition) is 0. The van der Waals surface area contributed by atoms with Gasteiger partial charge in [0.1, 0.15) is 0 Å². The van der Waals surface area contributed by atoms with Crippen LogP contribution in [0.3, 0.4) is 0 Å². The molecule has 0 saturated carbocycles. The second-order valence-electron chi connectivity index (χ2n) is 5.58. The first-order valence-electron chi connectivity index (χ1n) is 6.14. The number of hydrogen-bond acceptors (Lipinski definition) is 4. The molecule has 0 unspecified atom stereocenters. The van der Waals surface area contributed by atoms with E-state index in [1.165, 1.54) is 4.70 Å². The van der Waals surface area contributed by atoms with Crippen molar-refractivity contribution in [1.29, 1.82) is 0 Å². The van der Waals surface area contributed by atoms with Crippen LogP contribution in [0.4, 0.5) is 0 Å². The third kappa shape index (κ3) is 2.30. The minimum Gasteiger partial charge on any atom is -0.407 e. The van der Waals surface area contributed by atoms with Gasteiger partial charge in [0.15, 0.2) is 0 Å². The summed E-state index contributed by atoms with van der Waals surface area (Å²) in [5.41, 5.74) is 2.20. The lowest BCUT2D eigenvalue weighted by atomic mass is 9.76. The van der Waals surface area contributed by atoms with Gasteiger partial charge < -0.3 is 9.31 Å². The van der Waals surface area contributed by atoms with E-state index in [9.17, 15) is 0 Å². The van der Waals surface area contributed by atoms with Crippen LogP contribution in [0.5, 0.6) is 0 Å². The SMILES string of the molecule is Cc1nc2cc(B3OCC(C)(C)CO3)ccc2s1. The summed E-state index contributed by atoms with van der Waals surface area (Å²) >= 11 is 1.71. The van der Waals surface area contributed by atoms with E-state index in [0.29, 0.717) is 0 Å². The standard InChI is InChI=1S/C13H16BNO2S/c1-9-15-11-6-10(4-5-12(11)18-9)14-16-7-13(2,3)8-17-14/h4-6H,7-8H2,1-3H3. The lowest BCUT2D eigenvalue weighted by molar-refractivity contribution is 0.0343. The topological polar surface area (TPSA) is 31.4 Å². The maximum absolute atomic E-state index is 5.79. The summed E-state index contributed by atoms with van der Waals surface area (Å²) in [5.74, 6) is 0. The molecule has 0 N–H and O–H groups in total. The average molecular weight is 261 g/mol. The monoisotopic (exact) mass is 261 g/mol. The highest BCUT2D eigenvalue weighted by Crippen LogP contribution is 2.23. The van der Waals surface area contributed by atoms with Crippen molar-refractivity contribution in [3.05, 3.63) is 23.2 Å². The van der Waals surface area contributed by atoms with Crippen LogP contribution in [-0.2, 0) is 9.31 Å². The first-order valence-corrected chi connectivity index (χ1v) is 6.95. The summed E-state index contributed by atoms with van der Waals surface area (Å²) in [6.07, 6.45) is 0. The highest BCUT2D eigenvalue weighted by molar-refractivity contribution is 7.18. The van der Waals surface area contributed by atoms with E-state index in [0.717, 1.165) is 29.2 Å². The molecule has 18 heavy (non-hydrogen) atoms. The molecular weight excluding hydrogens is 245 g/mol. The summed E-state index contributed by atoms with van der Waals surface area (Å²) in [6.45, 7) is 7.78. The van der Waals surface area contributed by atoms with Crippen LogP contribution in [-0.4, -0.2) is 25.3 Å². The summed E-state index contributed by atoms with van der Waals surface area (Å²) in [4.78, 5) is 4.50. The fraction of sp³-hybridized carbons (Fsp3) is 0.462. The summed E-state index contributed by atoms with van der Waals surface area (Å²) < 4.78 is 12.8. The van der Waals surface area contributed by atoms with Gasteiger partial charge in [-0.2, -0.15) is 0 Å².